The van der Waals surface area contributed by atoms with Gasteiger partial charge in [-0.3, -0.25) is 0 Å². The van der Waals surface area contributed by atoms with Crippen LogP contribution in [0.1, 0.15) is 0 Å². The van der Waals surface area contributed by atoms with Crippen molar-refractivity contribution in [1.82, 2.24) is 0 Å². The Morgan fingerprint density at radius 2 is 0.636 bits per heavy atom. The van der Waals surface area contributed by atoms with Crippen LogP contribution in [0.2, 0.25) is 0 Å². The van der Waals surface area contributed by atoms with E-state index in [4.69, 9.17) is 0 Å². The van der Waals surface area contributed by atoms with E-state index in [-0.39, 0.29) is 12.2 Å². The smallest absolute Gasteiger partial charge is 0.0720 e. The van der Waals surface area contributed by atoms with Crippen molar-refractivity contribution < 1.29 is 10.2 Å². The highest BCUT2D eigenvalue weighted by molar-refractivity contribution is 8.05. The Labute approximate surface area is 161 Å². The van der Waals surface area contributed by atoms with Gasteiger partial charge in [-0.15, -0.1) is 0 Å². The maximum atomic E-state index is 9.91. The van der Waals surface area contributed by atoms with Crippen molar-refractivity contribution in [3.05, 3.63) is 0 Å². The van der Waals surface area contributed by atoms with Gasteiger partial charge in [-0.1, -0.05) is 0 Å². The number of aliphatic hydroxyl groups is 2. The standard InChI is InChI=1S/C14H28O2S6/c15-13-9-19-5-1-17-2-6-20-11-14(16)12-22-8-4-18-3-7-21-10-13/h13-16H,1-12H2. The highest BCUT2D eigenvalue weighted by Crippen LogP contribution is 2.16. The molecule has 1 aliphatic heterocycles. The normalized spacial score (nSPS) is 29.7. The molecule has 0 saturated carbocycles. The monoisotopic (exact) mass is 420 g/mol. The largest absolute Gasteiger partial charge is 0.391 e. The maximum Gasteiger partial charge on any atom is 0.0720 e. The Morgan fingerprint density at radius 1 is 0.409 bits per heavy atom. The molecule has 0 radical (unpaired) electrons. The third-order valence-electron chi connectivity index (χ3n) is 2.73. The van der Waals surface area contributed by atoms with Crippen LogP contribution in [0.3, 0.4) is 0 Å². The molecular formula is C14H28O2S6. The van der Waals surface area contributed by atoms with Gasteiger partial charge in [0.05, 0.1) is 12.2 Å². The molecule has 0 amide bonds. The molecule has 0 aliphatic carbocycles. The van der Waals surface area contributed by atoms with Gasteiger partial charge < -0.3 is 10.2 Å². The van der Waals surface area contributed by atoms with Crippen LogP contribution in [-0.4, -0.2) is 91.5 Å². The molecule has 0 unspecified atom stereocenters. The molecule has 22 heavy (non-hydrogen) atoms. The van der Waals surface area contributed by atoms with Gasteiger partial charge >= 0.3 is 0 Å². The summed E-state index contributed by atoms with van der Waals surface area (Å²) in [5, 5.41) is 19.8. The van der Waals surface area contributed by atoms with Crippen molar-refractivity contribution in [3.8, 4) is 0 Å². The van der Waals surface area contributed by atoms with Crippen LogP contribution in [0.4, 0.5) is 0 Å². The second-order valence-corrected chi connectivity index (χ2v) is 11.9. The first kappa shape index (κ1) is 22.1. The summed E-state index contributed by atoms with van der Waals surface area (Å²) in [5.41, 5.74) is 0. The molecule has 1 fully saturated rings. The van der Waals surface area contributed by atoms with E-state index < -0.39 is 0 Å². The van der Waals surface area contributed by atoms with E-state index >= 15 is 0 Å². The topological polar surface area (TPSA) is 40.5 Å². The highest BCUT2D eigenvalue weighted by Gasteiger charge is 2.06. The van der Waals surface area contributed by atoms with E-state index in [9.17, 15) is 10.2 Å². The van der Waals surface area contributed by atoms with E-state index in [1.807, 2.05) is 70.6 Å². The molecular weight excluding hydrogens is 393 g/mol. The molecule has 1 saturated heterocycles. The molecule has 8 heteroatoms. The molecule has 132 valence electrons. The average Bonchev–Trinajstić information content (AvgIpc) is 2.50. The Kier molecular flexibility index (Phi) is 16.5. The lowest BCUT2D eigenvalue weighted by Gasteiger charge is -2.11. The molecule has 0 aromatic heterocycles. The molecule has 2 N–H and O–H groups in total. The second-order valence-electron chi connectivity index (χ2n) is 4.83. The lowest BCUT2D eigenvalue weighted by Crippen LogP contribution is -2.15. The van der Waals surface area contributed by atoms with Crippen LogP contribution < -0.4 is 0 Å². The number of thioether (sulfide) groups is 6. The van der Waals surface area contributed by atoms with Crippen molar-refractivity contribution in [2.24, 2.45) is 0 Å². The van der Waals surface area contributed by atoms with Gasteiger partial charge in [0.25, 0.3) is 0 Å². The molecule has 0 atom stereocenters. The average molecular weight is 421 g/mol. The van der Waals surface area contributed by atoms with Crippen molar-refractivity contribution in [2.45, 2.75) is 12.2 Å². The lowest BCUT2D eigenvalue weighted by molar-refractivity contribution is 0.224. The third kappa shape index (κ3) is 14.4. The molecule has 0 aromatic carbocycles. The van der Waals surface area contributed by atoms with E-state index in [1.54, 1.807) is 0 Å². The Bertz CT molecular complexity index is 203. The summed E-state index contributed by atoms with van der Waals surface area (Å²) in [6.45, 7) is 0. The number of rotatable bonds is 0. The minimum atomic E-state index is -0.150. The van der Waals surface area contributed by atoms with E-state index in [0.29, 0.717) is 0 Å². The summed E-state index contributed by atoms with van der Waals surface area (Å²) in [7, 11) is 0. The number of hydrogen-bond acceptors (Lipinski definition) is 8. The molecule has 1 aliphatic rings. The first-order chi connectivity index (χ1) is 10.8. The SMILES string of the molecule is OC1CSCCSCCSCC(O)CSCCSCCSC1. The fourth-order valence-electron chi connectivity index (χ4n) is 1.65. The quantitative estimate of drug-likeness (QED) is 0.619. The minimum absolute atomic E-state index is 0.150. The zero-order chi connectivity index (χ0) is 15.9. The summed E-state index contributed by atoms with van der Waals surface area (Å²) in [5.74, 6) is 12.7. The van der Waals surface area contributed by atoms with E-state index in [2.05, 4.69) is 0 Å². The number of hydrogen-bond donors (Lipinski definition) is 2. The molecule has 1 rings (SSSR count). The van der Waals surface area contributed by atoms with Crippen LogP contribution in [0.15, 0.2) is 0 Å². The highest BCUT2D eigenvalue weighted by atomic mass is 32.2. The van der Waals surface area contributed by atoms with Gasteiger partial charge in [-0.05, 0) is 0 Å². The molecule has 0 bridgehead atoms. The predicted molar refractivity (Wildman–Crippen MR) is 116 cm³/mol. The maximum absolute atomic E-state index is 9.91. The van der Waals surface area contributed by atoms with Crippen LogP contribution in [0.5, 0.6) is 0 Å². The van der Waals surface area contributed by atoms with Crippen LogP contribution in [-0.2, 0) is 0 Å². The van der Waals surface area contributed by atoms with Crippen molar-refractivity contribution in [1.29, 1.82) is 0 Å². The molecule has 1 heterocycles. The zero-order valence-corrected chi connectivity index (χ0v) is 17.9. The molecule has 0 aromatic rings. The Morgan fingerprint density at radius 3 is 0.909 bits per heavy atom. The predicted octanol–water partition coefficient (Wildman–Crippen LogP) is 3.12. The van der Waals surface area contributed by atoms with Gasteiger partial charge in [0.1, 0.15) is 0 Å². The fourth-order valence-corrected chi connectivity index (χ4v) is 8.35. The second kappa shape index (κ2) is 16.5. The molecule has 0 spiro atoms. The van der Waals surface area contributed by atoms with Gasteiger partial charge in [0, 0.05) is 69.0 Å². The fraction of sp³-hybridized carbons (Fsp3) is 1.00. The van der Waals surface area contributed by atoms with Crippen LogP contribution in [0, 0.1) is 0 Å². The molecule has 2 nitrogen and oxygen atoms in total. The van der Waals surface area contributed by atoms with Gasteiger partial charge in [0.15, 0.2) is 0 Å². The zero-order valence-electron chi connectivity index (χ0n) is 13.0. The summed E-state index contributed by atoms with van der Waals surface area (Å²) < 4.78 is 0. The summed E-state index contributed by atoms with van der Waals surface area (Å²) in [6, 6.07) is 0. The lowest BCUT2D eigenvalue weighted by atomic mass is 10.5. The van der Waals surface area contributed by atoms with E-state index in [1.165, 1.54) is 23.0 Å². The number of aliphatic hydroxyl groups excluding tert-OH is 2. The summed E-state index contributed by atoms with van der Waals surface area (Å²) in [6.07, 6.45) is -0.300. The van der Waals surface area contributed by atoms with Crippen molar-refractivity contribution in [3.63, 3.8) is 0 Å². The van der Waals surface area contributed by atoms with Crippen LogP contribution >= 0.6 is 70.6 Å². The van der Waals surface area contributed by atoms with Gasteiger partial charge in [0.2, 0.25) is 0 Å². The summed E-state index contributed by atoms with van der Waals surface area (Å²) >= 11 is 11.5. The first-order valence-corrected chi connectivity index (χ1v) is 14.5. The van der Waals surface area contributed by atoms with Gasteiger partial charge in [-0.25, -0.2) is 0 Å². The van der Waals surface area contributed by atoms with Crippen LogP contribution in [0.25, 0.3) is 0 Å². The van der Waals surface area contributed by atoms with E-state index in [0.717, 1.165) is 46.0 Å². The summed E-state index contributed by atoms with van der Waals surface area (Å²) in [4.78, 5) is 0. The Hall–Kier alpha value is 2.02. The van der Waals surface area contributed by atoms with Crippen molar-refractivity contribution in [2.75, 3.05) is 69.0 Å². The third-order valence-corrected chi connectivity index (χ3v) is 10.2. The Balaban J connectivity index is 2.15. The first-order valence-electron chi connectivity index (χ1n) is 7.61. The minimum Gasteiger partial charge on any atom is -0.391 e. The van der Waals surface area contributed by atoms with Crippen molar-refractivity contribution >= 4 is 70.6 Å². The van der Waals surface area contributed by atoms with Gasteiger partial charge in [-0.2, -0.15) is 70.6 Å².